The number of methoxy groups -OCH3 is 1. The number of hydrogen-bond donors (Lipinski definition) is 2. The molecule has 0 saturated heterocycles. The molecule has 1 aromatic heterocycles. The van der Waals surface area contributed by atoms with Crippen LogP contribution in [0.25, 0.3) is 10.2 Å². The quantitative estimate of drug-likeness (QED) is 0.561. The van der Waals surface area contributed by atoms with Gasteiger partial charge in [-0.3, -0.25) is 0 Å². The predicted molar refractivity (Wildman–Crippen MR) is 101 cm³/mol. The summed E-state index contributed by atoms with van der Waals surface area (Å²) < 4.78 is 11.8. The second-order valence-corrected chi connectivity index (χ2v) is 6.74. The smallest absolute Gasteiger partial charge is 0.337 e. The Balaban J connectivity index is 1.42. The number of aliphatic carboxylic acids is 1. The lowest BCUT2D eigenvalue weighted by Crippen LogP contribution is -2.20. The number of nitrogens with one attached hydrogen (secondary N) is 1. The van der Waals surface area contributed by atoms with Crippen LogP contribution in [0.15, 0.2) is 48.5 Å². The van der Waals surface area contributed by atoms with Gasteiger partial charge >= 0.3 is 5.97 Å². The number of carboxylic acids is 1. The van der Waals surface area contributed by atoms with Crippen LogP contribution in [0.5, 0.6) is 5.75 Å². The van der Waals surface area contributed by atoms with Crippen molar-refractivity contribution < 1.29 is 19.4 Å². The average molecular weight is 372 g/mol. The molecule has 0 aliphatic carbocycles. The van der Waals surface area contributed by atoms with Crippen molar-refractivity contribution in [2.75, 3.05) is 20.3 Å². The van der Waals surface area contributed by atoms with Crippen LogP contribution in [0.1, 0.15) is 16.7 Å². The van der Waals surface area contributed by atoms with Crippen molar-refractivity contribution in [1.29, 1.82) is 0 Å². The minimum atomic E-state index is -1.01. The molecule has 0 aliphatic heterocycles. The van der Waals surface area contributed by atoms with E-state index in [4.69, 9.17) is 14.6 Å². The Kier molecular flexibility index (Phi) is 6.17. The molecule has 7 heteroatoms. The fourth-order valence-corrected chi connectivity index (χ4v) is 3.49. The lowest BCUT2D eigenvalue weighted by Gasteiger charge is -2.12. The Labute approximate surface area is 155 Å². The maximum Gasteiger partial charge on any atom is 0.337 e. The minimum absolute atomic E-state index is 0.511. The van der Waals surface area contributed by atoms with Crippen molar-refractivity contribution in [2.45, 2.75) is 12.6 Å². The maximum atomic E-state index is 11.1. The van der Waals surface area contributed by atoms with Gasteiger partial charge in [-0.05, 0) is 29.8 Å². The van der Waals surface area contributed by atoms with E-state index in [0.717, 1.165) is 10.5 Å². The molecule has 26 heavy (non-hydrogen) atoms. The number of nitrogens with zero attached hydrogens (tertiary/aromatic N) is 1. The molecule has 6 nitrogen and oxygen atoms in total. The molecule has 136 valence electrons. The van der Waals surface area contributed by atoms with E-state index >= 15 is 0 Å². The number of carbonyl (C=O) groups is 1. The van der Waals surface area contributed by atoms with Gasteiger partial charge in [0.2, 0.25) is 0 Å². The van der Waals surface area contributed by atoms with Crippen LogP contribution in [0, 0.1) is 0 Å². The van der Waals surface area contributed by atoms with Gasteiger partial charge in [-0.25, -0.2) is 9.78 Å². The van der Waals surface area contributed by atoms with Crippen molar-refractivity contribution in [3.8, 4) is 5.75 Å². The van der Waals surface area contributed by atoms with Gasteiger partial charge in [-0.2, -0.15) is 0 Å². The normalized spacial score (nSPS) is 12.2. The highest BCUT2D eigenvalue weighted by Crippen LogP contribution is 2.22. The van der Waals surface area contributed by atoms with Crippen LogP contribution >= 0.6 is 11.3 Å². The van der Waals surface area contributed by atoms with E-state index in [2.05, 4.69) is 16.4 Å². The number of para-hydroxylation sites is 1. The molecule has 1 heterocycles. The summed E-state index contributed by atoms with van der Waals surface area (Å²) in [5, 5.41) is 13.4. The molecule has 1 atom stereocenters. The number of benzene rings is 2. The number of aromatic nitrogens is 1. The summed E-state index contributed by atoms with van der Waals surface area (Å²) in [4.78, 5) is 15.6. The van der Waals surface area contributed by atoms with Crippen LogP contribution < -0.4 is 10.1 Å². The van der Waals surface area contributed by atoms with Crippen molar-refractivity contribution in [1.82, 2.24) is 10.3 Å². The summed E-state index contributed by atoms with van der Waals surface area (Å²) in [7, 11) is 1.38. The fraction of sp³-hybridized carbons (Fsp3) is 0.263. The van der Waals surface area contributed by atoms with Gasteiger partial charge in [-0.15, -0.1) is 11.3 Å². The number of hydrogen-bond acceptors (Lipinski definition) is 6. The molecule has 3 rings (SSSR count). The van der Waals surface area contributed by atoms with Gasteiger partial charge in [0.05, 0.1) is 10.2 Å². The van der Waals surface area contributed by atoms with E-state index in [1.807, 2.05) is 18.2 Å². The first kappa shape index (κ1) is 18.3. The molecule has 0 fully saturated rings. The Morgan fingerprint density at radius 3 is 2.69 bits per heavy atom. The van der Waals surface area contributed by atoms with Crippen molar-refractivity contribution in [3.05, 3.63) is 59.1 Å². The highest BCUT2D eigenvalue weighted by Gasteiger charge is 2.18. The van der Waals surface area contributed by atoms with Gasteiger partial charge in [0.25, 0.3) is 0 Å². The van der Waals surface area contributed by atoms with Gasteiger partial charge in [0, 0.05) is 20.2 Å². The second kappa shape index (κ2) is 8.75. The molecule has 0 bridgehead atoms. The third-order valence-corrected chi connectivity index (χ3v) is 4.84. The minimum Gasteiger partial charge on any atom is -0.492 e. The Morgan fingerprint density at radius 1 is 1.23 bits per heavy atom. The van der Waals surface area contributed by atoms with E-state index in [1.165, 1.54) is 11.8 Å². The van der Waals surface area contributed by atoms with Gasteiger partial charge in [0.15, 0.2) is 6.10 Å². The number of rotatable bonds is 9. The van der Waals surface area contributed by atoms with Crippen LogP contribution in [-0.4, -0.2) is 36.3 Å². The summed E-state index contributed by atoms with van der Waals surface area (Å²) >= 11 is 1.69. The molecule has 0 saturated carbocycles. The molecular weight excluding hydrogens is 352 g/mol. The number of ether oxygens (including phenoxy) is 2. The Bertz CT molecular complexity index is 830. The molecular formula is C19H20N2O4S. The van der Waals surface area contributed by atoms with Crippen molar-refractivity contribution >= 4 is 27.5 Å². The van der Waals surface area contributed by atoms with Gasteiger partial charge in [-0.1, -0.05) is 24.3 Å². The third kappa shape index (κ3) is 4.57. The number of thiazole rings is 1. The van der Waals surface area contributed by atoms with E-state index in [-0.39, 0.29) is 0 Å². The first-order chi connectivity index (χ1) is 12.7. The zero-order chi connectivity index (χ0) is 18.4. The topological polar surface area (TPSA) is 80.7 Å². The van der Waals surface area contributed by atoms with Crippen LogP contribution in [0.3, 0.4) is 0 Å². The SMILES string of the molecule is COC(C(=O)O)c1ccc(OCCNCc2nc3ccccc3s2)cc1. The highest BCUT2D eigenvalue weighted by molar-refractivity contribution is 7.18. The molecule has 0 radical (unpaired) electrons. The molecule has 3 aromatic rings. The third-order valence-electron chi connectivity index (χ3n) is 3.80. The van der Waals surface area contributed by atoms with Gasteiger partial charge < -0.3 is 19.9 Å². The summed E-state index contributed by atoms with van der Waals surface area (Å²) in [5.74, 6) is -0.323. The summed E-state index contributed by atoms with van der Waals surface area (Å²) in [5.41, 5.74) is 1.61. The predicted octanol–water partition coefficient (Wildman–Crippen LogP) is 3.24. The van der Waals surface area contributed by atoms with Crippen LogP contribution in [0.4, 0.5) is 0 Å². The standard InChI is InChI=1S/C19H20N2O4S/c1-24-18(19(22)23)13-6-8-14(9-7-13)25-11-10-20-12-17-21-15-4-2-3-5-16(15)26-17/h2-9,18,20H,10-12H2,1H3,(H,22,23). The fourth-order valence-electron chi connectivity index (χ4n) is 2.55. The number of fused-ring (bicyclic) bond motifs is 1. The van der Waals surface area contributed by atoms with E-state index in [9.17, 15) is 4.79 Å². The average Bonchev–Trinajstić information content (AvgIpc) is 3.06. The second-order valence-electron chi connectivity index (χ2n) is 5.62. The number of carboxylic acid groups (broad SMARTS) is 1. The molecule has 1 unspecified atom stereocenters. The largest absolute Gasteiger partial charge is 0.492 e. The summed E-state index contributed by atoms with van der Waals surface area (Å²) in [6, 6.07) is 15.0. The monoisotopic (exact) mass is 372 g/mol. The summed E-state index contributed by atoms with van der Waals surface area (Å²) in [6.45, 7) is 1.90. The highest BCUT2D eigenvalue weighted by atomic mass is 32.1. The molecule has 2 aromatic carbocycles. The van der Waals surface area contributed by atoms with E-state index in [1.54, 1.807) is 35.6 Å². The van der Waals surface area contributed by atoms with Gasteiger partial charge in [0.1, 0.15) is 17.4 Å². The van der Waals surface area contributed by atoms with E-state index in [0.29, 0.717) is 31.0 Å². The Morgan fingerprint density at radius 2 is 2.00 bits per heavy atom. The molecule has 0 aliphatic rings. The lowest BCUT2D eigenvalue weighted by atomic mass is 10.1. The molecule has 2 N–H and O–H groups in total. The van der Waals surface area contributed by atoms with Crippen molar-refractivity contribution in [2.24, 2.45) is 0 Å². The van der Waals surface area contributed by atoms with Crippen LogP contribution in [-0.2, 0) is 16.1 Å². The van der Waals surface area contributed by atoms with Crippen LogP contribution in [0.2, 0.25) is 0 Å². The lowest BCUT2D eigenvalue weighted by molar-refractivity contribution is -0.148. The molecule has 0 spiro atoms. The Hall–Kier alpha value is -2.48. The zero-order valence-corrected chi connectivity index (χ0v) is 15.2. The zero-order valence-electron chi connectivity index (χ0n) is 14.3. The maximum absolute atomic E-state index is 11.1. The van der Waals surface area contributed by atoms with E-state index < -0.39 is 12.1 Å². The first-order valence-corrected chi connectivity index (χ1v) is 9.02. The first-order valence-electron chi connectivity index (χ1n) is 8.21. The molecule has 0 amide bonds. The van der Waals surface area contributed by atoms with Crippen molar-refractivity contribution in [3.63, 3.8) is 0 Å². The summed E-state index contributed by atoms with van der Waals surface area (Å²) in [6.07, 6.45) is -0.959.